The number of hydrogen-bond donors (Lipinski definition) is 0. The summed E-state index contributed by atoms with van der Waals surface area (Å²) in [5, 5.41) is 0. The second kappa shape index (κ2) is 9.05. The van der Waals surface area contributed by atoms with Gasteiger partial charge in [-0.05, 0) is 46.0 Å². The summed E-state index contributed by atoms with van der Waals surface area (Å²) in [5.74, 6) is 0. The molecule has 0 heterocycles. The van der Waals surface area contributed by atoms with E-state index in [1.807, 2.05) is 0 Å². The minimum Gasteiger partial charge on any atom is -0.100 e. The fraction of sp³-hybridized carbons (Fsp3) is 0.714. The first kappa shape index (κ1) is 13.5. The van der Waals surface area contributed by atoms with Gasteiger partial charge in [-0.2, -0.15) is 0 Å². The number of unbranched alkanes of at least 4 members (excludes halogenated alkanes) is 3. The lowest BCUT2D eigenvalue weighted by Gasteiger charge is -2.01. The summed E-state index contributed by atoms with van der Waals surface area (Å²) in [5.41, 5.74) is 2.87. The Morgan fingerprint density at radius 3 is 2.36 bits per heavy atom. The Hall–Kier alpha value is -0.520. The van der Waals surface area contributed by atoms with E-state index < -0.39 is 0 Å². The van der Waals surface area contributed by atoms with Crippen LogP contribution in [0, 0.1) is 0 Å². The highest BCUT2D eigenvalue weighted by Gasteiger charge is 1.91. The van der Waals surface area contributed by atoms with E-state index in [-0.39, 0.29) is 0 Å². The highest BCUT2D eigenvalue weighted by atomic mass is 14.0. The molecule has 0 aromatic carbocycles. The molecule has 0 amide bonds. The molecule has 0 spiro atoms. The van der Waals surface area contributed by atoms with Crippen LogP contribution in [0.2, 0.25) is 0 Å². The van der Waals surface area contributed by atoms with Crippen molar-refractivity contribution in [1.82, 2.24) is 0 Å². The molecule has 82 valence electrons. The van der Waals surface area contributed by atoms with Crippen LogP contribution in [-0.4, -0.2) is 0 Å². The van der Waals surface area contributed by atoms with Crippen molar-refractivity contribution in [2.24, 2.45) is 0 Å². The number of rotatable bonds is 8. The highest BCUT2D eigenvalue weighted by Crippen LogP contribution is 2.12. The van der Waals surface area contributed by atoms with Crippen LogP contribution in [0.1, 0.15) is 65.7 Å². The average Bonchev–Trinajstić information content (AvgIpc) is 2.12. The Bertz CT molecular complexity index is 174. The first-order valence-corrected chi connectivity index (χ1v) is 5.96. The third-order valence-electron chi connectivity index (χ3n) is 2.48. The van der Waals surface area contributed by atoms with Gasteiger partial charge in [0.2, 0.25) is 0 Å². The summed E-state index contributed by atoms with van der Waals surface area (Å²) in [4.78, 5) is 0. The van der Waals surface area contributed by atoms with Crippen molar-refractivity contribution >= 4 is 0 Å². The standard InChI is InChI=1S/C14H26/c1-5-6-7-8-11-14(4)12-9-10-13(2)3/h11H,2,5-10,12H2,1,3-4H3/b14-11-. The molecule has 0 aliphatic carbocycles. The SMILES string of the molecule is C=C(C)CCC/C(C)=C\CCCCC. The monoisotopic (exact) mass is 194 g/mol. The third-order valence-corrected chi connectivity index (χ3v) is 2.48. The molecule has 0 aliphatic rings. The lowest BCUT2D eigenvalue weighted by molar-refractivity contribution is 0.721. The maximum Gasteiger partial charge on any atom is -0.0320 e. The van der Waals surface area contributed by atoms with Crippen molar-refractivity contribution in [1.29, 1.82) is 0 Å². The van der Waals surface area contributed by atoms with Crippen molar-refractivity contribution in [2.45, 2.75) is 65.7 Å². The molecule has 0 aromatic rings. The molecule has 0 aliphatic heterocycles. The predicted molar refractivity (Wildman–Crippen MR) is 66.6 cm³/mol. The van der Waals surface area contributed by atoms with Crippen LogP contribution >= 0.6 is 0 Å². The van der Waals surface area contributed by atoms with Gasteiger partial charge < -0.3 is 0 Å². The van der Waals surface area contributed by atoms with Crippen molar-refractivity contribution in [2.75, 3.05) is 0 Å². The van der Waals surface area contributed by atoms with Gasteiger partial charge in [-0.3, -0.25) is 0 Å². The van der Waals surface area contributed by atoms with E-state index in [2.05, 4.69) is 33.4 Å². The van der Waals surface area contributed by atoms with Crippen molar-refractivity contribution < 1.29 is 0 Å². The van der Waals surface area contributed by atoms with Gasteiger partial charge in [0.15, 0.2) is 0 Å². The van der Waals surface area contributed by atoms with Crippen LogP contribution < -0.4 is 0 Å². The van der Waals surface area contributed by atoms with Crippen molar-refractivity contribution in [3.8, 4) is 0 Å². The molecule has 0 unspecified atom stereocenters. The summed E-state index contributed by atoms with van der Waals surface area (Å²) in [6.45, 7) is 10.5. The Balaban J connectivity index is 3.41. The average molecular weight is 194 g/mol. The van der Waals surface area contributed by atoms with Crippen LogP contribution in [0.25, 0.3) is 0 Å². The zero-order valence-electron chi connectivity index (χ0n) is 10.2. The van der Waals surface area contributed by atoms with Crippen LogP contribution in [0.4, 0.5) is 0 Å². The summed E-state index contributed by atoms with van der Waals surface area (Å²) in [7, 11) is 0. The summed E-state index contributed by atoms with van der Waals surface area (Å²) >= 11 is 0. The van der Waals surface area contributed by atoms with Gasteiger partial charge in [0.05, 0.1) is 0 Å². The number of hydrogen-bond acceptors (Lipinski definition) is 0. The summed E-state index contributed by atoms with van der Waals surface area (Å²) < 4.78 is 0. The second-order valence-corrected chi connectivity index (χ2v) is 4.36. The Morgan fingerprint density at radius 1 is 1.07 bits per heavy atom. The maximum atomic E-state index is 3.92. The highest BCUT2D eigenvalue weighted by molar-refractivity contribution is 4.99. The van der Waals surface area contributed by atoms with E-state index in [4.69, 9.17) is 0 Å². The zero-order chi connectivity index (χ0) is 10.8. The Morgan fingerprint density at radius 2 is 1.79 bits per heavy atom. The lowest BCUT2D eigenvalue weighted by atomic mass is 10.1. The predicted octanol–water partition coefficient (Wildman–Crippen LogP) is 5.26. The van der Waals surface area contributed by atoms with Crippen LogP contribution in [-0.2, 0) is 0 Å². The first-order chi connectivity index (χ1) is 6.66. The lowest BCUT2D eigenvalue weighted by Crippen LogP contribution is -1.81. The van der Waals surface area contributed by atoms with Crippen LogP contribution in [0.15, 0.2) is 23.8 Å². The third kappa shape index (κ3) is 9.57. The smallest absolute Gasteiger partial charge is 0.0320 e. The topological polar surface area (TPSA) is 0 Å². The first-order valence-electron chi connectivity index (χ1n) is 5.96. The molecule has 0 bridgehead atoms. The molecule has 14 heavy (non-hydrogen) atoms. The van der Waals surface area contributed by atoms with Gasteiger partial charge in [-0.25, -0.2) is 0 Å². The van der Waals surface area contributed by atoms with Crippen molar-refractivity contribution in [3.63, 3.8) is 0 Å². The van der Waals surface area contributed by atoms with E-state index in [9.17, 15) is 0 Å². The molecule has 0 saturated carbocycles. The zero-order valence-corrected chi connectivity index (χ0v) is 10.2. The van der Waals surface area contributed by atoms with Gasteiger partial charge in [-0.15, -0.1) is 6.58 Å². The van der Waals surface area contributed by atoms with E-state index >= 15 is 0 Å². The molecule has 0 N–H and O–H groups in total. The van der Waals surface area contributed by atoms with Crippen LogP contribution in [0.3, 0.4) is 0 Å². The van der Waals surface area contributed by atoms with Crippen molar-refractivity contribution in [3.05, 3.63) is 23.8 Å². The fourth-order valence-electron chi connectivity index (χ4n) is 1.51. The minimum absolute atomic E-state index is 1.18. The van der Waals surface area contributed by atoms with Crippen LogP contribution in [0.5, 0.6) is 0 Å². The Kier molecular flexibility index (Phi) is 8.72. The molecule has 0 rings (SSSR count). The number of allylic oxidation sites excluding steroid dienone is 3. The molecule has 0 radical (unpaired) electrons. The molecule has 0 saturated heterocycles. The molecule has 0 aromatic heterocycles. The summed E-state index contributed by atoms with van der Waals surface area (Å²) in [6, 6.07) is 0. The van der Waals surface area contributed by atoms with Gasteiger partial charge in [-0.1, -0.05) is 37.0 Å². The molecular weight excluding hydrogens is 168 g/mol. The second-order valence-electron chi connectivity index (χ2n) is 4.36. The van der Waals surface area contributed by atoms with Gasteiger partial charge in [0.1, 0.15) is 0 Å². The molecule has 0 fully saturated rings. The van der Waals surface area contributed by atoms with Gasteiger partial charge in [0.25, 0.3) is 0 Å². The van der Waals surface area contributed by atoms with E-state index in [1.165, 1.54) is 50.5 Å². The van der Waals surface area contributed by atoms with Gasteiger partial charge >= 0.3 is 0 Å². The minimum atomic E-state index is 1.18. The molecule has 0 nitrogen and oxygen atoms in total. The van der Waals surface area contributed by atoms with E-state index in [0.717, 1.165) is 0 Å². The Labute approximate surface area is 90.1 Å². The molecule has 0 heteroatoms. The fourth-order valence-corrected chi connectivity index (χ4v) is 1.51. The normalized spacial score (nSPS) is 11.8. The summed E-state index contributed by atoms with van der Waals surface area (Å²) in [6.07, 6.45) is 11.4. The van der Waals surface area contributed by atoms with E-state index in [0.29, 0.717) is 0 Å². The molecular formula is C14H26. The molecule has 0 atom stereocenters. The van der Waals surface area contributed by atoms with E-state index in [1.54, 1.807) is 5.57 Å². The quantitative estimate of drug-likeness (QED) is 0.365. The largest absolute Gasteiger partial charge is 0.100 e. The van der Waals surface area contributed by atoms with Gasteiger partial charge in [0, 0.05) is 0 Å². The maximum absolute atomic E-state index is 3.92.